The number of pyridine rings is 2. The van der Waals surface area contributed by atoms with E-state index < -0.39 is 0 Å². The molecule has 2 aliphatic heterocycles. The predicted octanol–water partition coefficient (Wildman–Crippen LogP) is 3.17. The molecule has 1 N–H and O–H groups in total. The van der Waals surface area contributed by atoms with E-state index in [0.29, 0.717) is 17.0 Å². The Labute approximate surface area is 187 Å². The average molecular weight is 429 g/mol. The van der Waals surface area contributed by atoms with Crippen LogP contribution in [0, 0.1) is 18.3 Å². The van der Waals surface area contributed by atoms with Crippen molar-refractivity contribution in [3.63, 3.8) is 0 Å². The third-order valence-electron chi connectivity index (χ3n) is 6.88. The third kappa shape index (κ3) is 3.32. The Hall–Kier alpha value is -3.37. The number of fused-ring (bicyclic) bond motifs is 2. The first kappa shape index (κ1) is 20.5. The molecule has 0 unspecified atom stereocenters. The van der Waals surface area contributed by atoms with Crippen LogP contribution in [-0.4, -0.2) is 42.8 Å². The van der Waals surface area contributed by atoms with E-state index in [0.717, 1.165) is 72.8 Å². The molecule has 1 fully saturated rings. The summed E-state index contributed by atoms with van der Waals surface area (Å²) in [6, 6.07) is 12.2. The van der Waals surface area contributed by atoms with Crippen molar-refractivity contribution in [2.75, 3.05) is 43.0 Å². The fourth-order valence-corrected chi connectivity index (χ4v) is 4.99. The number of likely N-dealkylation sites (N-methyl/N-ethyl adjacent to an activating group) is 1. The summed E-state index contributed by atoms with van der Waals surface area (Å²) >= 11 is 0. The largest absolute Gasteiger partial charge is 0.371 e. The molecule has 3 aromatic rings. The van der Waals surface area contributed by atoms with Gasteiger partial charge in [0.2, 0.25) is 0 Å². The van der Waals surface area contributed by atoms with Gasteiger partial charge in [-0.15, -0.1) is 0 Å². The smallest absolute Gasteiger partial charge is 0.253 e. The Balaban J connectivity index is 1.77. The van der Waals surface area contributed by atoms with Crippen molar-refractivity contribution >= 4 is 28.1 Å². The lowest BCUT2D eigenvalue weighted by molar-refractivity contribution is 0.453. The molecule has 0 atom stereocenters. The third-order valence-corrected chi connectivity index (χ3v) is 6.88. The molecule has 7 heteroatoms. The molecule has 0 bridgehead atoms. The van der Waals surface area contributed by atoms with Gasteiger partial charge in [-0.2, -0.15) is 5.26 Å². The fraction of sp³-hybridized carbons (Fsp3) is 0.400. The number of aromatic nitrogens is 2. The molecule has 5 rings (SSSR count). The van der Waals surface area contributed by atoms with Gasteiger partial charge in [-0.3, -0.25) is 4.79 Å². The van der Waals surface area contributed by atoms with Gasteiger partial charge in [0.25, 0.3) is 5.56 Å². The quantitative estimate of drug-likeness (QED) is 0.676. The van der Waals surface area contributed by atoms with Crippen molar-refractivity contribution in [1.29, 1.82) is 5.26 Å². The van der Waals surface area contributed by atoms with Gasteiger partial charge < -0.3 is 19.7 Å². The minimum Gasteiger partial charge on any atom is -0.371 e. The molecule has 4 heterocycles. The van der Waals surface area contributed by atoms with Crippen molar-refractivity contribution in [2.24, 2.45) is 7.05 Å². The Morgan fingerprint density at radius 2 is 1.88 bits per heavy atom. The highest BCUT2D eigenvalue weighted by atomic mass is 16.1. The molecule has 7 nitrogen and oxygen atoms in total. The summed E-state index contributed by atoms with van der Waals surface area (Å²) in [5.41, 5.74) is 5.39. The first-order valence-corrected chi connectivity index (χ1v) is 11.2. The van der Waals surface area contributed by atoms with E-state index in [1.54, 1.807) is 4.57 Å². The summed E-state index contributed by atoms with van der Waals surface area (Å²) in [5.74, 6) is 1.24. The first-order valence-electron chi connectivity index (χ1n) is 11.2. The second-order valence-corrected chi connectivity index (χ2v) is 8.91. The van der Waals surface area contributed by atoms with Crippen LogP contribution in [0.5, 0.6) is 0 Å². The van der Waals surface area contributed by atoms with Crippen molar-refractivity contribution in [1.82, 2.24) is 14.9 Å². The number of anilines is 3. The number of rotatable bonds is 2. The standard InChI is InChI=1S/C25H28N6O/c1-16-12-19-22(30(3)25(16)32)14-20(18-6-8-27-9-7-18)28-24(19)31-11-10-29(2)21-5-4-17(15-26)13-23(21)31/h4-5,12-14,18,27H,6-11H2,1-3H3. The minimum atomic E-state index is 0.0245. The van der Waals surface area contributed by atoms with Gasteiger partial charge in [0.05, 0.1) is 28.5 Å². The molecule has 32 heavy (non-hydrogen) atoms. The number of piperidine rings is 1. The normalized spacial score (nSPS) is 16.8. The molecule has 0 spiro atoms. The van der Waals surface area contributed by atoms with Gasteiger partial charge >= 0.3 is 0 Å². The number of nitriles is 1. The van der Waals surface area contributed by atoms with Crippen LogP contribution >= 0.6 is 0 Å². The van der Waals surface area contributed by atoms with E-state index in [1.807, 2.05) is 38.2 Å². The molecular weight excluding hydrogens is 400 g/mol. The SMILES string of the molecule is Cc1cc2c(N3CCN(C)c4ccc(C#N)cc43)nc(C3CCNCC3)cc2n(C)c1=O. The average Bonchev–Trinajstić information content (AvgIpc) is 2.83. The van der Waals surface area contributed by atoms with Gasteiger partial charge in [-0.05, 0) is 63.2 Å². The fourth-order valence-electron chi connectivity index (χ4n) is 4.99. The number of aryl methyl sites for hydroxylation is 2. The first-order chi connectivity index (χ1) is 15.5. The predicted molar refractivity (Wildman–Crippen MR) is 128 cm³/mol. The molecule has 2 aliphatic rings. The molecule has 1 aromatic carbocycles. The molecule has 0 amide bonds. The number of nitrogens with one attached hydrogen (secondary N) is 1. The van der Waals surface area contributed by atoms with Crippen LogP contribution < -0.4 is 20.7 Å². The Bertz CT molecular complexity index is 1300. The maximum absolute atomic E-state index is 12.8. The molecule has 0 saturated carbocycles. The lowest BCUT2D eigenvalue weighted by Crippen LogP contribution is -2.37. The van der Waals surface area contributed by atoms with Gasteiger partial charge in [0.15, 0.2) is 0 Å². The van der Waals surface area contributed by atoms with E-state index in [1.165, 1.54) is 0 Å². The summed E-state index contributed by atoms with van der Waals surface area (Å²) in [5, 5.41) is 13.9. The van der Waals surface area contributed by atoms with Crippen LogP contribution in [0.25, 0.3) is 10.9 Å². The van der Waals surface area contributed by atoms with Crippen molar-refractivity contribution in [3.05, 3.63) is 57.5 Å². The maximum Gasteiger partial charge on any atom is 0.253 e. The summed E-state index contributed by atoms with van der Waals surface area (Å²) in [6.45, 7) is 5.44. The summed E-state index contributed by atoms with van der Waals surface area (Å²) in [7, 11) is 3.92. The number of hydrogen-bond acceptors (Lipinski definition) is 6. The van der Waals surface area contributed by atoms with E-state index in [9.17, 15) is 10.1 Å². The molecule has 2 aromatic heterocycles. The van der Waals surface area contributed by atoms with Gasteiger partial charge in [-0.1, -0.05) is 0 Å². The highest BCUT2D eigenvalue weighted by Gasteiger charge is 2.27. The molecule has 0 aliphatic carbocycles. The lowest BCUT2D eigenvalue weighted by atomic mass is 9.93. The van der Waals surface area contributed by atoms with E-state index >= 15 is 0 Å². The molecule has 0 radical (unpaired) electrons. The monoisotopic (exact) mass is 428 g/mol. The zero-order chi connectivity index (χ0) is 22.4. The van der Waals surface area contributed by atoms with E-state index in [4.69, 9.17) is 4.98 Å². The number of hydrogen-bond donors (Lipinski definition) is 1. The Kier molecular flexibility index (Phi) is 5.10. The molecule has 164 valence electrons. The molecular formula is C25H28N6O. The van der Waals surface area contributed by atoms with Gasteiger partial charge in [-0.25, -0.2) is 4.98 Å². The van der Waals surface area contributed by atoms with Gasteiger partial charge in [0.1, 0.15) is 5.82 Å². The number of benzene rings is 1. The second-order valence-electron chi connectivity index (χ2n) is 8.91. The zero-order valence-corrected chi connectivity index (χ0v) is 18.9. The summed E-state index contributed by atoms with van der Waals surface area (Å²) in [6.07, 6.45) is 2.07. The highest BCUT2D eigenvalue weighted by Crippen LogP contribution is 2.40. The van der Waals surface area contributed by atoms with Gasteiger partial charge in [0, 0.05) is 49.7 Å². The van der Waals surface area contributed by atoms with Crippen LogP contribution in [0.3, 0.4) is 0 Å². The van der Waals surface area contributed by atoms with Crippen LogP contribution in [0.1, 0.15) is 35.6 Å². The zero-order valence-electron chi connectivity index (χ0n) is 18.9. The van der Waals surface area contributed by atoms with Crippen LogP contribution in [-0.2, 0) is 7.05 Å². The van der Waals surface area contributed by atoms with Crippen LogP contribution in [0.2, 0.25) is 0 Å². The van der Waals surface area contributed by atoms with Crippen molar-refractivity contribution < 1.29 is 0 Å². The summed E-state index contributed by atoms with van der Waals surface area (Å²) < 4.78 is 1.75. The van der Waals surface area contributed by atoms with Crippen molar-refractivity contribution in [3.8, 4) is 6.07 Å². The summed E-state index contributed by atoms with van der Waals surface area (Å²) in [4.78, 5) is 22.4. The Morgan fingerprint density at radius 1 is 1.09 bits per heavy atom. The van der Waals surface area contributed by atoms with Crippen LogP contribution in [0.4, 0.5) is 17.2 Å². The highest BCUT2D eigenvalue weighted by molar-refractivity contribution is 5.95. The second kappa shape index (κ2) is 7.95. The molecule has 1 saturated heterocycles. The minimum absolute atomic E-state index is 0.0245. The maximum atomic E-state index is 12.8. The number of nitrogens with zero attached hydrogens (tertiary/aromatic N) is 5. The van der Waals surface area contributed by atoms with E-state index in [2.05, 4.69) is 34.3 Å². The Morgan fingerprint density at radius 3 is 2.62 bits per heavy atom. The topological polar surface area (TPSA) is 77.2 Å². The van der Waals surface area contributed by atoms with E-state index in [-0.39, 0.29) is 5.56 Å². The lowest BCUT2D eigenvalue weighted by Gasteiger charge is -2.37. The van der Waals surface area contributed by atoms with Crippen molar-refractivity contribution in [2.45, 2.75) is 25.7 Å². The van der Waals surface area contributed by atoms with Crippen LogP contribution in [0.15, 0.2) is 35.1 Å².